The molecule has 0 unspecified atom stereocenters. The fraction of sp³-hybridized carbons (Fsp3) is 0.311. The number of para-hydroxylation sites is 1. The predicted molar refractivity (Wildman–Crippen MR) is 277 cm³/mol. The first-order valence-corrected chi connectivity index (χ1v) is 23.0. The minimum absolute atomic E-state index is 0.107. The number of fused-ring (bicyclic) bond motifs is 1. The maximum absolute atomic E-state index is 12.6. The second-order valence-electron chi connectivity index (χ2n) is 21.4. The summed E-state index contributed by atoms with van der Waals surface area (Å²) in [4.78, 5) is 10.5. The number of nitrogens with zero attached hydrogens (tertiary/aromatic N) is 3. The lowest BCUT2D eigenvalue weighted by Gasteiger charge is -2.27. The molecule has 0 spiro atoms. The molecule has 8 aromatic rings. The smallest absolute Gasteiger partial charge is 0.149 e. The van der Waals surface area contributed by atoms with Crippen molar-refractivity contribution in [3.05, 3.63) is 167 Å². The summed E-state index contributed by atoms with van der Waals surface area (Å²) in [6.45, 7) is 24.8. The first kappa shape index (κ1) is 40.3. The first-order chi connectivity index (χ1) is 32.1. The molecule has 4 heteroatoms. The maximum atomic E-state index is 12.6. The Labute approximate surface area is 394 Å². The van der Waals surface area contributed by atoms with Crippen molar-refractivity contribution in [2.75, 3.05) is 0 Å². The highest BCUT2D eigenvalue weighted by atomic mass is 16.3. The molecule has 0 saturated carbocycles. The highest BCUT2D eigenvalue weighted by Gasteiger charge is 2.29. The van der Waals surface area contributed by atoms with E-state index in [1.54, 1.807) is 6.07 Å². The van der Waals surface area contributed by atoms with Crippen LogP contribution >= 0.6 is 0 Å². The Morgan fingerprint density at radius 3 is 1.92 bits per heavy atom. The van der Waals surface area contributed by atoms with Crippen LogP contribution in [0.2, 0.25) is 0 Å². The minimum atomic E-state index is -2.57. The van der Waals surface area contributed by atoms with Gasteiger partial charge in [-0.05, 0) is 139 Å². The molecular weight excluding hydrogens is 791 g/mol. The molecule has 6 aromatic carbocycles. The average molecular weight is 862 g/mol. The summed E-state index contributed by atoms with van der Waals surface area (Å²) >= 11 is 0. The van der Waals surface area contributed by atoms with Crippen LogP contribution in [0.4, 0.5) is 0 Å². The second kappa shape index (κ2) is 16.9. The molecule has 0 aliphatic heterocycles. The number of pyridine rings is 1. The van der Waals surface area contributed by atoms with E-state index in [1.165, 1.54) is 0 Å². The molecule has 0 bridgehead atoms. The minimum Gasteiger partial charge on any atom is -0.507 e. The molecule has 1 N–H and O–H groups in total. The van der Waals surface area contributed by atoms with Gasteiger partial charge in [-0.1, -0.05) is 169 Å². The third-order valence-corrected chi connectivity index (χ3v) is 12.8. The fourth-order valence-electron chi connectivity index (χ4n) is 9.01. The van der Waals surface area contributed by atoms with Crippen LogP contribution in [0.5, 0.6) is 5.75 Å². The molecule has 0 amide bonds. The fourth-order valence-corrected chi connectivity index (χ4v) is 9.01. The van der Waals surface area contributed by atoms with E-state index in [0.29, 0.717) is 28.1 Å². The van der Waals surface area contributed by atoms with E-state index < -0.39 is 18.2 Å². The molecule has 0 aliphatic carbocycles. The quantitative estimate of drug-likeness (QED) is 0.166. The lowest BCUT2D eigenvalue weighted by atomic mass is 9.79. The van der Waals surface area contributed by atoms with Crippen molar-refractivity contribution in [3.63, 3.8) is 0 Å². The standard InChI is InChI=1S/C61H67N3O/c1-37(2)47-22-18-23-48(38(3)4)55(47)42-26-27-53(39(5)30-42)64-54-25-19-24-49(56(54)63-58(64)50-35-46(60(9,10)11)36-51(57(50)65)61(12,13)14)43-31-44(33-45(32-43)59(6,7)8)52-34-41(28-29-62-52)40-20-16-15-17-21-40/h15-38,65H,1-14H3/i5D3,37D. The zero-order chi connectivity index (χ0) is 50.2. The lowest BCUT2D eigenvalue weighted by molar-refractivity contribution is 0.446. The molecular formula is C61H67N3O. The van der Waals surface area contributed by atoms with Crippen LogP contribution < -0.4 is 0 Å². The van der Waals surface area contributed by atoms with E-state index in [0.717, 1.165) is 72.5 Å². The van der Waals surface area contributed by atoms with Crippen molar-refractivity contribution >= 4 is 11.0 Å². The van der Waals surface area contributed by atoms with Crippen molar-refractivity contribution in [3.8, 4) is 67.5 Å². The number of phenols is 1. The molecule has 0 atom stereocenters. The SMILES string of the molecule is [2H]C([2H])([2H])c1cc(-c2c(C(C)C)cccc2C([2H])(C)C)ccc1-n1c(-c2cc(C(C)(C)C)cc(C(C)(C)C)c2O)nc2c(-c3cc(-c4cc(-c5ccccc5)ccn4)cc(C(C)(C)C)c3)cccc21. The Morgan fingerprint density at radius 1 is 0.585 bits per heavy atom. The predicted octanol–water partition coefficient (Wildman–Crippen LogP) is 16.9. The van der Waals surface area contributed by atoms with Crippen molar-refractivity contribution in [1.29, 1.82) is 0 Å². The van der Waals surface area contributed by atoms with Crippen LogP contribution in [0.3, 0.4) is 0 Å². The number of aromatic hydroxyl groups is 1. The van der Waals surface area contributed by atoms with Gasteiger partial charge in [0, 0.05) is 28.4 Å². The number of aryl methyl sites for hydroxylation is 1. The Balaban J connectivity index is 1.48. The second-order valence-corrected chi connectivity index (χ2v) is 21.4. The number of hydrogen-bond donors (Lipinski definition) is 1. The van der Waals surface area contributed by atoms with Gasteiger partial charge in [0.15, 0.2) is 0 Å². The molecule has 0 aliphatic rings. The Hall–Kier alpha value is -6.26. The third-order valence-electron chi connectivity index (χ3n) is 12.8. The van der Waals surface area contributed by atoms with E-state index >= 15 is 0 Å². The Kier molecular flexibility index (Phi) is 10.5. The molecule has 332 valence electrons. The number of benzene rings is 6. The van der Waals surface area contributed by atoms with E-state index in [2.05, 4.69) is 131 Å². The summed E-state index contributed by atoms with van der Waals surface area (Å²) in [5, 5.41) is 12.6. The number of imidazole rings is 1. The molecule has 0 saturated heterocycles. The topological polar surface area (TPSA) is 50.9 Å². The molecule has 2 aromatic heterocycles. The van der Waals surface area contributed by atoms with Crippen molar-refractivity contribution in [1.82, 2.24) is 14.5 Å². The Morgan fingerprint density at radius 2 is 1.26 bits per heavy atom. The van der Waals surface area contributed by atoms with Gasteiger partial charge in [0.1, 0.15) is 11.6 Å². The number of phenolic OH excluding ortho intramolecular Hbond substituents is 1. The van der Waals surface area contributed by atoms with Gasteiger partial charge >= 0.3 is 0 Å². The van der Waals surface area contributed by atoms with Crippen LogP contribution in [0, 0.1) is 6.85 Å². The van der Waals surface area contributed by atoms with Gasteiger partial charge in [-0.15, -0.1) is 0 Å². The average Bonchev–Trinajstić information content (AvgIpc) is 3.66. The molecule has 0 radical (unpaired) electrons. The van der Waals surface area contributed by atoms with Gasteiger partial charge < -0.3 is 5.11 Å². The largest absolute Gasteiger partial charge is 0.507 e. The van der Waals surface area contributed by atoms with Gasteiger partial charge in [-0.3, -0.25) is 9.55 Å². The monoisotopic (exact) mass is 862 g/mol. The molecule has 0 fully saturated rings. The molecule has 4 nitrogen and oxygen atoms in total. The van der Waals surface area contributed by atoms with Gasteiger partial charge in [-0.2, -0.15) is 0 Å². The molecule has 8 rings (SSSR count). The highest BCUT2D eigenvalue weighted by Crippen LogP contribution is 2.46. The van der Waals surface area contributed by atoms with Crippen LogP contribution in [-0.2, 0) is 16.2 Å². The molecule has 2 heterocycles. The highest BCUT2D eigenvalue weighted by molar-refractivity contribution is 5.97. The van der Waals surface area contributed by atoms with Crippen LogP contribution in [0.25, 0.3) is 72.7 Å². The Bertz CT molecular complexity index is 3220. The summed E-state index contributed by atoms with van der Waals surface area (Å²) in [6.07, 6.45) is 1.86. The summed E-state index contributed by atoms with van der Waals surface area (Å²) < 4.78 is 38.7. The van der Waals surface area contributed by atoms with Crippen molar-refractivity contribution in [2.24, 2.45) is 0 Å². The van der Waals surface area contributed by atoms with E-state index in [1.807, 2.05) is 91.3 Å². The maximum Gasteiger partial charge on any atom is 0.149 e. The summed E-state index contributed by atoms with van der Waals surface area (Å²) in [6, 6.07) is 43.1. The van der Waals surface area contributed by atoms with Crippen LogP contribution in [0.1, 0.15) is 141 Å². The number of rotatable bonds is 8. The lowest BCUT2D eigenvalue weighted by Crippen LogP contribution is -2.17. The van der Waals surface area contributed by atoms with E-state index in [9.17, 15) is 10.6 Å². The van der Waals surface area contributed by atoms with Gasteiger partial charge in [-0.25, -0.2) is 4.98 Å². The van der Waals surface area contributed by atoms with Crippen LogP contribution in [-0.4, -0.2) is 19.6 Å². The van der Waals surface area contributed by atoms with Gasteiger partial charge in [0.05, 0.1) is 28.0 Å². The number of aromatic nitrogens is 3. The zero-order valence-electron chi connectivity index (χ0n) is 44.6. The van der Waals surface area contributed by atoms with Gasteiger partial charge in [0.25, 0.3) is 0 Å². The van der Waals surface area contributed by atoms with Crippen molar-refractivity contribution in [2.45, 2.75) is 125 Å². The summed E-state index contributed by atoms with van der Waals surface area (Å²) in [7, 11) is 0. The van der Waals surface area contributed by atoms with Gasteiger partial charge in [0.2, 0.25) is 0 Å². The molecule has 65 heavy (non-hydrogen) atoms. The summed E-state index contributed by atoms with van der Waals surface area (Å²) in [5.74, 6) is -0.286. The van der Waals surface area contributed by atoms with E-state index in [-0.39, 0.29) is 28.1 Å². The number of hydrogen-bond acceptors (Lipinski definition) is 3. The zero-order valence-corrected chi connectivity index (χ0v) is 40.6. The van der Waals surface area contributed by atoms with E-state index in [4.69, 9.17) is 9.97 Å². The van der Waals surface area contributed by atoms with Crippen molar-refractivity contribution < 1.29 is 10.6 Å². The summed E-state index contributed by atoms with van der Waals surface area (Å²) in [5.41, 5.74) is 13.7. The first-order valence-electron chi connectivity index (χ1n) is 25.0. The normalized spacial score (nSPS) is 13.8. The third kappa shape index (κ3) is 8.80. The van der Waals surface area contributed by atoms with Crippen LogP contribution in [0.15, 0.2) is 134 Å².